The minimum atomic E-state index is -5.00. The van der Waals surface area contributed by atoms with E-state index in [2.05, 4.69) is 15.3 Å². The minimum Gasteiger partial charge on any atom is -0.330 e. The zero-order valence-corrected chi connectivity index (χ0v) is 16.6. The van der Waals surface area contributed by atoms with Gasteiger partial charge in [0.15, 0.2) is 0 Å². The van der Waals surface area contributed by atoms with E-state index in [1.54, 1.807) is 79.7 Å². The number of rotatable bonds is 5. The summed E-state index contributed by atoms with van der Waals surface area (Å²) in [4.78, 5) is 22.4. The van der Waals surface area contributed by atoms with Gasteiger partial charge < -0.3 is 5.32 Å². The summed E-state index contributed by atoms with van der Waals surface area (Å²) in [6.07, 6.45) is -3.64. The second kappa shape index (κ2) is 7.86. The molecule has 0 fully saturated rings. The Hall–Kier alpha value is -3.68. The maximum atomic E-state index is 14.4. The lowest BCUT2D eigenvalue weighted by molar-refractivity contribution is -0.185. The van der Waals surface area contributed by atoms with Crippen LogP contribution < -0.4 is 5.32 Å². The second-order valence-electron chi connectivity index (χ2n) is 7.18. The van der Waals surface area contributed by atoms with Crippen molar-refractivity contribution in [2.45, 2.75) is 25.3 Å². The van der Waals surface area contributed by atoms with E-state index in [4.69, 9.17) is 0 Å². The lowest BCUT2D eigenvalue weighted by atomic mass is 10.1. The van der Waals surface area contributed by atoms with E-state index in [0.29, 0.717) is 16.7 Å². The molecule has 31 heavy (non-hydrogen) atoms. The first kappa shape index (κ1) is 20.6. The van der Waals surface area contributed by atoms with Gasteiger partial charge in [0.05, 0.1) is 6.54 Å². The van der Waals surface area contributed by atoms with E-state index in [9.17, 15) is 18.0 Å². The Morgan fingerprint density at radius 2 is 1.61 bits per heavy atom. The molecule has 3 aromatic rings. The Bertz CT molecular complexity index is 1120. The van der Waals surface area contributed by atoms with Gasteiger partial charge in [0, 0.05) is 11.8 Å². The molecule has 2 heterocycles. The van der Waals surface area contributed by atoms with Gasteiger partial charge in [-0.25, -0.2) is 9.98 Å². The number of alkyl halides is 3. The highest BCUT2D eigenvalue weighted by atomic mass is 19.4. The fourth-order valence-corrected chi connectivity index (χ4v) is 3.40. The number of pyridine rings is 1. The molecule has 1 atom stereocenters. The lowest BCUT2D eigenvalue weighted by Crippen LogP contribution is -2.58. The molecule has 1 aliphatic rings. The number of amides is 1. The van der Waals surface area contributed by atoms with E-state index in [-0.39, 0.29) is 18.2 Å². The number of hydrogen-bond acceptors (Lipinski definition) is 4. The van der Waals surface area contributed by atoms with Gasteiger partial charge in [-0.05, 0) is 24.1 Å². The monoisotopic (exact) mass is 424 g/mol. The summed E-state index contributed by atoms with van der Waals surface area (Å²) in [6.45, 7) is 1.57. The maximum Gasteiger partial charge on any atom is 0.442 e. The van der Waals surface area contributed by atoms with Gasteiger partial charge in [-0.1, -0.05) is 66.7 Å². The van der Waals surface area contributed by atoms with E-state index < -0.39 is 17.7 Å². The molecule has 0 radical (unpaired) electrons. The van der Waals surface area contributed by atoms with E-state index >= 15 is 0 Å². The van der Waals surface area contributed by atoms with Crippen molar-refractivity contribution in [3.05, 3.63) is 95.7 Å². The molecule has 5 nitrogen and oxygen atoms in total. The predicted molar refractivity (Wildman–Crippen MR) is 111 cm³/mol. The third-order valence-electron chi connectivity index (χ3n) is 5.02. The van der Waals surface area contributed by atoms with Crippen molar-refractivity contribution < 1.29 is 18.0 Å². The fraction of sp³-hybridized carbons (Fsp3) is 0.174. The van der Waals surface area contributed by atoms with Crippen LogP contribution in [-0.2, 0) is 11.3 Å². The minimum absolute atomic E-state index is 0.0475. The number of carbonyl (C=O) groups is 1. The molecule has 1 N–H and O–H groups in total. The number of nitrogens with zero attached hydrogens (tertiary/aromatic N) is 3. The van der Waals surface area contributed by atoms with Crippen LogP contribution in [0.1, 0.15) is 16.7 Å². The molecule has 1 aliphatic heterocycles. The average molecular weight is 424 g/mol. The van der Waals surface area contributed by atoms with Gasteiger partial charge in [0.1, 0.15) is 11.7 Å². The highest BCUT2D eigenvalue weighted by Crippen LogP contribution is 2.41. The highest BCUT2D eigenvalue weighted by Gasteiger charge is 2.66. The number of amidine groups is 1. The van der Waals surface area contributed by atoms with Crippen LogP contribution in [0.25, 0.3) is 0 Å². The molecule has 8 heteroatoms. The summed E-state index contributed by atoms with van der Waals surface area (Å²) in [5, 5.41) is 2.31. The number of hydrogen-bond donors (Lipinski definition) is 1. The topological polar surface area (TPSA) is 57.6 Å². The highest BCUT2D eigenvalue weighted by molar-refractivity contribution is 6.16. The normalized spacial score (nSPS) is 18.8. The Morgan fingerprint density at radius 1 is 0.968 bits per heavy atom. The first-order valence-electron chi connectivity index (χ1n) is 9.59. The Morgan fingerprint density at radius 3 is 2.23 bits per heavy atom. The number of halogens is 3. The zero-order chi connectivity index (χ0) is 22.1. The van der Waals surface area contributed by atoms with Gasteiger partial charge in [-0.3, -0.25) is 9.69 Å². The van der Waals surface area contributed by atoms with Crippen LogP contribution >= 0.6 is 0 Å². The van der Waals surface area contributed by atoms with Crippen molar-refractivity contribution in [2.75, 3.05) is 5.32 Å². The predicted octanol–water partition coefficient (Wildman–Crippen LogP) is 4.55. The molecule has 1 aromatic heterocycles. The molecule has 158 valence electrons. The van der Waals surface area contributed by atoms with Crippen molar-refractivity contribution in [2.24, 2.45) is 4.99 Å². The second-order valence-corrected chi connectivity index (χ2v) is 7.18. The number of anilines is 1. The quantitative estimate of drug-likeness (QED) is 0.654. The van der Waals surface area contributed by atoms with Gasteiger partial charge in [-0.2, -0.15) is 13.2 Å². The largest absolute Gasteiger partial charge is 0.442 e. The van der Waals surface area contributed by atoms with Crippen LogP contribution in [-0.4, -0.2) is 33.5 Å². The lowest BCUT2D eigenvalue weighted by Gasteiger charge is -2.30. The van der Waals surface area contributed by atoms with Crippen molar-refractivity contribution in [1.82, 2.24) is 9.88 Å². The molecular formula is C23H19F3N4O. The maximum absolute atomic E-state index is 14.4. The van der Waals surface area contributed by atoms with Crippen LogP contribution in [0, 0.1) is 6.92 Å². The molecule has 0 aliphatic carbocycles. The molecule has 2 aromatic carbocycles. The number of carbonyl (C=O) groups excluding carboxylic acids is 1. The summed E-state index contributed by atoms with van der Waals surface area (Å²) in [5.74, 6) is -1.30. The molecule has 0 saturated heterocycles. The van der Waals surface area contributed by atoms with Crippen LogP contribution in [0.4, 0.5) is 19.0 Å². The molecule has 1 amide bonds. The summed E-state index contributed by atoms with van der Waals surface area (Å²) in [5.41, 5.74) is -1.60. The molecule has 0 bridgehead atoms. The van der Waals surface area contributed by atoms with Crippen molar-refractivity contribution in [3.63, 3.8) is 0 Å². The Balaban J connectivity index is 1.85. The standard InChI is InChI=1S/C23H19F3N4O/c1-16-9-8-14-27-19(16)28-22(23(24,25)26)21(31)30(15-17-10-4-2-5-11-17)20(29-22)18-12-6-3-7-13-18/h2-14H,15H2,1H3,(H,27,28)/t22-/m0/s1. The van der Waals surface area contributed by atoms with Crippen molar-refractivity contribution in [1.29, 1.82) is 0 Å². The first-order valence-corrected chi connectivity index (χ1v) is 9.59. The van der Waals surface area contributed by atoms with Gasteiger partial charge in [-0.15, -0.1) is 0 Å². The third kappa shape index (κ3) is 3.76. The van der Waals surface area contributed by atoms with Gasteiger partial charge in [0.2, 0.25) is 0 Å². The van der Waals surface area contributed by atoms with E-state index in [0.717, 1.165) is 4.90 Å². The number of aromatic nitrogens is 1. The van der Waals surface area contributed by atoms with Crippen molar-refractivity contribution >= 4 is 17.6 Å². The van der Waals surface area contributed by atoms with Crippen molar-refractivity contribution in [3.8, 4) is 0 Å². The van der Waals surface area contributed by atoms with E-state index in [1.807, 2.05) is 0 Å². The number of benzene rings is 2. The summed E-state index contributed by atoms with van der Waals surface area (Å²) >= 11 is 0. The number of aliphatic imine (C=N–C) groups is 1. The van der Waals surface area contributed by atoms with Crippen LogP contribution in [0.15, 0.2) is 84.0 Å². The number of nitrogens with one attached hydrogen (secondary N) is 1. The average Bonchev–Trinajstić information content (AvgIpc) is 3.04. The molecular weight excluding hydrogens is 405 g/mol. The summed E-state index contributed by atoms with van der Waals surface area (Å²) in [7, 11) is 0. The zero-order valence-electron chi connectivity index (χ0n) is 16.6. The van der Waals surface area contributed by atoms with Crippen LogP contribution in [0.5, 0.6) is 0 Å². The van der Waals surface area contributed by atoms with Crippen LogP contribution in [0.3, 0.4) is 0 Å². The van der Waals surface area contributed by atoms with Gasteiger partial charge >= 0.3 is 11.8 Å². The third-order valence-corrected chi connectivity index (χ3v) is 5.02. The van der Waals surface area contributed by atoms with Gasteiger partial charge in [0.25, 0.3) is 5.91 Å². The SMILES string of the molecule is Cc1cccnc1N[C@]1(C(F)(F)F)N=C(c2ccccc2)N(Cc2ccccc2)C1=O. The Labute approximate surface area is 177 Å². The first-order chi connectivity index (χ1) is 14.8. The summed E-state index contributed by atoms with van der Waals surface area (Å²) in [6, 6.07) is 20.4. The molecule has 4 rings (SSSR count). The molecule has 0 spiro atoms. The summed E-state index contributed by atoms with van der Waals surface area (Å²) < 4.78 is 43.3. The Kier molecular flexibility index (Phi) is 5.22. The molecule has 0 unspecified atom stereocenters. The van der Waals surface area contributed by atoms with E-state index in [1.165, 1.54) is 6.20 Å². The van der Waals surface area contributed by atoms with Crippen LogP contribution in [0.2, 0.25) is 0 Å². The molecule has 0 saturated carbocycles. The fourth-order valence-electron chi connectivity index (χ4n) is 3.40. The number of aryl methyl sites for hydroxylation is 1. The smallest absolute Gasteiger partial charge is 0.330 e.